The van der Waals surface area contributed by atoms with Crippen molar-refractivity contribution < 1.29 is 13.9 Å². The molecule has 2 N–H and O–H groups in total. The third kappa shape index (κ3) is 3.61. The number of nitrogens with one attached hydrogen (secondary N) is 1. The lowest BCUT2D eigenvalue weighted by Gasteiger charge is -2.13. The molecule has 108 valence electrons. The molecule has 0 aliphatic carbocycles. The van der Waals surface area contributed by atoms with Crippen LogP contribution in [0.3, 0.4) is 0 Å². The largest absolute Gasteiger partial charge is 0.387 e. The number of benzene rings is 1. The van der Waals surface area contributed by atoms with Gasteiger partial charge in [-0.05, 0) is 24.3 Å². The van der Waals surface area contributed by atoms with Crippen LogP contribution in [-0.2, 0) is 13.5 Å². The predicted octanol–water partition coefficient (Wildman–Crippen LogP) is 1.56. The Morgan fingerprint density at radius 3 is 2.85 bits per heavy atom. The van der Waals surface area contributed by atoms with Gasteiger partial charge in [0.25, 0.3) is 0 Å². The van der Waals surface area contributed by atoms with Gasteiger partial charge < -0.3 is 10.4 Å². The van der Waals surface area contributed by atoms with Crippen molar-refractivity contribution >= 4 is 0 Å². The van der Waals surface area contributed by atoms with Crippen molar-refractivity contribution in [3.63, 3.8) is 0 Å². The first-order chi connectivity index (χ1) is 9.58. The fourth-order valence-corrected chi connectivity index (χ4v) is 1.98. The Bertz CT molecular complexity index is 571. The lowest BCUT2D eigenvalue weighted by atomic mass is 10.1. The molecular formula is C14H17F2N3O. The Balaban J connectivity index is 1.82. The molecule has 1 unspecified atom stereocenters. The molecule has 0 amide bonds. The number of aliphatic hydroxyl groups excluding tert-OH is 1. The molecule has 1 atom stereocenters. The summed E-state index contributed by atoms with van der Waals surface area (Å²) < 4.78 is 28.2. The van der Waals surface area contributed by atoms with Crippen LogP contribution in [0.2, 0.25) is 0 Å². The summed E-state index contributed by atoms with van der Waals surface area (Å²) in [5.74, 6) is -1.16. The summed E-state index contributed by atoms with van der Waals surface area (Å²) >= 11 is 0. The summed E-state index contributed by atoms with van der Waals surface area (Å²) in [5, 5.41) is 16.9. The quantitative estimate of drug-likeness (QED) is 0.790. The maximum absolute atomic E-state index is 13.4. The Hall–Kier alpha value is -1.79. The smallest absolute Gasteiger partial charge is 0.129 e. The number of aromatic nitrogens is 2. The molecule has 0 bridgehead atoms. The van der Waals surface area contributed by atoms with Crippen LogP contribution in [0.25, 0.3) is 0 Å². The average molecular weight is 281 g/mol. The van der Waals surface area contributed by atoms with Crippen molar-refractivity contribution in [3.8, 4) is 0 Å². The number of aryl methyl sites for hydroxylation is 1. The molecule has 2 aromatic rings. The van der Waals surface area contributed by atoms with Gasteiger partial charge in [0.2, 0.25) is 0 Å². The van der Waals surface area contributed by atoms with Gasteiger partial charge in [-0.1, -0.05) is 0 Å². The minimum atomic E-state index is -1.07. The van der Waals surface area contributed by atoms with Gasteiger partial charge in [-0.3, -0.25) is 4.68 Å². The number of halogens is 2. The van der Waals surface area contributed by atoms with E-state index in [1.54, 1.807) is 10.9 Å². The zero-order chi connectivity index (χ0) is 14.5. The number of nitrogens with zero attached hydrogens (tertiary/aromatic N) is 2. The summed E-state index contributed by atoms with van der Waals surface area (Å²) in [6.07, 6.45) is 1.39. The molecule has 0 saturated heterocycles. The second kappa shape index (κ2) is 6.58. The van der Waals surface area contributed by atoms with Gasteiger partial charge in [0.15, 0.2) is 0 Å². The predicted molar refractivity (Wildman–Crippen MR) is 71.1 cm³/mol. The maximum Gasteiger partial charge on any atom is 0.129 e. The number of hydrogen-bond acceptors (Lipinski definition) is 3. The SMILES string of the molecule is Cn1nccc1CCNCC(O)c1cc(F)ccc1F. The normalized spacial score (nSPS) is 12.6. The molecule has 0 saturated carbocycles. The molecule has 0 fully saturated rings. The highest BCUT2D eigenvalue weighted by atomic mass is 19.1. The number of rotatable bonds is 6. The number of aliphatic hydroxyl groups is 1. The first-order valence-corrected chi connectivity index (χ1v) is 6.38. The van der Waals surface area contributed by atoms with Crippen molar-refractivity contribution in [2.45, 2.75) is 12.5 Å². The Labute approximate surface area is 116 Å². The highest BCUT2D eigenvalue weighted by Gasteiger charge is 2.13. The van der Waals surface area contributed by atoms with Crippen molar-refractivity contribution in [2.24, 2.45) is 7.05 Å². The van der Waals surface area contributed by atoms with E-state index in [1.807, 2.05) is 13.1 Å². The van der Waals surface area contributed by atoms with E-state index >= 15 is 0 Å². The van der Waals surface area contributed by atoms with E-state index in [4.69, 9.17) is 0 Å². The van der Waals surface area contributed by atoms with Crippen LogP contribution in [0.1, 0.15) is 17.4 Å². The molecule has 0 aliphatic heterocycles. The zero-order valence-corrected chi connectivity index (χ0v) is 11.2. The highest BCUT2D eigenvalue weighted by molar-refractivity contribution is 5.21. The van der Waals surface area contributed by atoms with Crippen LogP contribution >= 0.6 is 0 Å². The van der Waals surface area contributed by atoms with Crippen molar-refractivity contribution in [2.75, 3.05) is 13.1 Å². The topological polar surface area (TPSA) is 50.1 Å². The first kappa shape index (κ1) is 14.6. The summed E-state index contributed by atoms with van der Waals surface area (Å²) in [6.45, 7) is 0.783. The Morgan fingerprint density at radius 2 is 2.15 bits per heavy atom. The van der Waals surface area contributed by atoms with Crippen LogP contribution in [0.15, 0.2) is 30.5 Å². The zero-order valence-electron chi connectivity index (χ0n) is 11.2. The second-order valence-electron chi connectivity index (χ2n) is 4.58. The van der Waals surface area contributed by atoms with Gasteiger partial charge in [-0.2, -0.15) is 5.10 Å². The summed E-state index contributed by atoms with van der Waals surface area (Å²) in [6, 6.07) is 4.97. The second-order valence-corrected chi connectivity index (χ2v) is 4.58. The number of hydrogen-bond donors (Lipinski definition) is 2. The van der Waals surface area contributed by atoms with Crippen LogP contribution in [0, 0.1) is 11.6 Å². The van der Waals surface area contributed by atoms with E-state index in [2.05, 4.69) is 10.4 Å². The van der Waals surface area contributed by atoms with E-state index in [1.165, 1.54) is 0 Å². The molecule has 1 aromatic heterocycles. The van der Waals surface area contributed by atoms with E-state index in [9.17, 15) is 13.9 Å². The Kier molecular flexibility index (Phi) is 4.81. The van der Waals surface area contributed by atoms with Gasteiger partial charge in [0.1, 0.15) is 11.6 Å². The fraction of sp³-hybridized carbons (Fsp3) is 0.357. The molecule has 0 radical (unpaired) electrons. The van der Waals surface area contributed by atoms with E-state index in [0.717, 1.165) is 30.3 Å². The van der Waals surface area contributed by atoms with Gasteiger partial charge in [-0.25, -0.2) is 8.78 Å². The minimum absolute atomic E-state index is 0.0296. The molecule has 0 spiro atoms. The molecular weight excluding hydrogens is 264 g/mol. The molecule has 20 heavy (non-hydrogen) atoms. The lowest BCUT2D eigenvalue weighted by Crippen LogP contribution is -2.24. The summed E-state index contributed by atoms with van der Waals surface area (Å²) in [4.78, 5) is 0. The Morgan fingerprint density at radius 1 is 1.35 bits per heavy atom. The van der Waals surface area contributed by atoms with Crippen molar-refractivity contribution in [1.82, 2.24) is 15.1 Å². The highest BCUT2D eigenvalue weighted by Crippen LogP contribution is 2.17. The van der Waals surface area contributed by atoms with Crippen LogP contribution in [0.4, 0.5) is 8.78 Å². The van der Waals surface area contributed by atoms with Gasteiger partial charge in [-0.15, -0.1) is 0 Å². The summed E-state index contributed by atoms with van der Waals surface area (Å²) in [5.41, 5.74) is 1.03. The van der Waals surface area contributed by atoms with Gasteiger partial charge in [0.05, 0.1) is 6.10 Å². The van der Waals surface area contributed by atoms with Gasteiger partial charge >= 0.3 is 0 Å². The average Bonchev–Trinajstić information content (AvgIpc) is 2.83. The van der Waals surface area contributed by atoms with E-state index in [0.29, 0.717) is 6.54 Å². The molecule has 4 nitrogen and oxygen atoms in total. The summed E-state index contributed by atoms with van der Waals surface area (Å²) in [7, 11) is 1.85. The monoisotopic (exact) mass is 281 g/mol. The van der Waals surface area contributed by atoms with Crippen LogP contribution < -0.4 is 5.32 Å². The van der Waals surface area contributed by atoms with Crippen molar-refractivity contribution in [1.29, 1.82) is 0 Å². The fourth-order valence-electron chi connectivity index (χ4n) is 1.98. The van der Waals surface area contributed by atoms with Gasteiger partial charge in [0, 0.05) is 44.0 Å². The third-order valence-electron chi connectivity index (χ3n) is 3.14. The first-order valence-electron chi connectivity index (χ1n) is 6.38. The molecule has 6 heteroatoms. The van der Waals surface area contributed by atoms with E-state index in [-0.39, 0.29) is 12.1 Å². The molecule has 0 aliphatic rings. The standard InChI is InChI=1S/C14H17F2N3O/c1-19-11(5-7-18-19)4-6-17-9-14(20)12-8-10(15)2-3-13(12)16/h2-3,5,7-8,14,17,20H,4,6,9H2,1H3. The maximum atomic E-state index is 13.4. The van der Waals surface area contributed by atoms with Crippen LogP contribution in [-0.4, -0.2) is 28.0 Å². The molecule has 1 aromatic carbocycles. The lowest BCUT2D eigenvalue weighted by molar-refractivity contribution is 0.170. The molecule has 1 heterocycles. The van der Waals surface area contributed by atoms with Crippen molar-refractivity contribution in [3.05, 3.63) is 53.4 Å². The van der Waals surface area contributed by atoms with E-state index < -0.39 is 17.7 Å². The minimum Gasteiger partial charge on any atom is -0.387 e. The van der Waals surface area contributed by atoms with Crippen LogP contribution in [0.5, 0.6) is 0 Å². The molecule has 2 rings (SSSR count). The third-order valence-corrected chi connectivity index (χ3v) is 3.14.